The third-order valence-electron chi connectivity index (χ3n) is 6.40. The maximum absolute atomic E-state index is 14.4. The van der Waals surface area contributed by atoms with E-state index >= 15 is 0 Å². The Balaban J connectivity index is 1.73. The van der Waals surface area contributed by atoms with Crippen molar-refractivity contribution >= 4 is 17.3 Å². The van der Waals surface area contributed by atoms with Crippen molar-refractivity contribution in [3.8, 4) is 0 Å². The number of nitrogens with zero attached hydrogens (tertiary/aromatic N) is 1. The predicted molar refractivity (Wildman–Crippen MR) is 129 cm³/mol. The highest BCUT2D eigenvalue weighted by Crippen LogP contribution is 2.32. The lowest BCUT2D eigenvalue weighted by molar-refractivity contribution is -0.137. The fraction of sp³-hybridized carbons (Fsp3) is 0.519. The zero-order chi connectivity index (χ0) is 25.4. The number of hydrogen-bond acceptors (Lipinski definition) is 2. The Morgan fingerprint density at radius 1 is 0.971 bits per heavy atom. The quantitative estimate of drug-likeness (QED) is 0.351. The number of hydrogen-bond donors (Lipinski definition) is 1. The van der Waals surface area contributed by atoms with Crippen molar-refractivity contribution in [2.45, 2.75) is 76.8 Å². The standard InChI is InChI=1S/C27H33F5N2O/c1-2-3-7-22(28)25(29)26(35)33-23-15-12-20(18-24(23)34-16-5-4-6-17-34)9-8-19-10-13-21(14-11-19)27(30,31)32/h10-15,18,22,25H,2-9,16-17H2,1H3,(H,33,35)/t22-,25-/m0/s1. The molecule has 0 aromatic heterocycles. The summed E-state index contributed by atoms with van der Waals surface area (Å²) in [5.74, 6) is -0.982. The molecule has 2 aromatic carbocycles. The number of halogens is 5. The van der Waals surface area contributed by atoms with Crippen molar-refractivity contribution in [2.24, 2.45) is 0 Å². The second-order valence-electron chi connectivity index (χ2n) is 9.14. The number of piperidine rings is 1. The number of unbranched alkanes of at least 4 members (excludes halogenated alkanes) is 1. The minimum atomic E-state index is -4.36. The average molecular weight is 497 g/mol. The summed E-state index contributed by atoms with van der Waals surface area (Å²) in [5.41, 5.74) is 2.27. The number of carbonyl (C=O) groups excluding carboxylic acids is 1. The first-order chi connectivity index (χ1) is 16.7. The molecule has 1 aliphatic rings. The summed E-state index contributed by atoms with van der Waals surface area (Å²) in [4.78, 5) is 14.6. The van der Waals surface area contributed by atoms with E-state index in [0.29, 0.717) is 24.9 Å². The van der Waals surface area contributed by atoms with Crippen molar-refractivity contribution in [1.82, 2.24) is 0 Å². The largest absolute Gasteiger partial charge is 0.416 e. The van der Waals surface area contributed by atoms with Crippen LogP contribution in [0.1, 0.15) is 62.1 Å². The van der Waals surface area contributed by atoms with Crippen LogP contribution >= 0.6 is 0 Å². The Morgan fingerprint density at radius 2 is 1.60 bits per heavy atom. The molecule has 0 radical (unpaired) electrons. The van der Waals surface area contributed by atoms with Crippen LogP contribution < -0.4 is 10.2 Å². The molecule has 8 heteroatoms. The van der Waals surface area contributed by atoms with Crippen LogP contribution in [0.25, 0.3) is 0 Å². The number of aryl methyl sites for hydroxylation is 2. The van der Waals surface area contributed by atoms with Gasteiger partial charge in [0, 0.05) is 13.1 Å². The fourth-order valence-corrected chi connectivity index (χ4v) is 4.30. The van der Waals surface area contributed by atoms with Gasteiger partial charge in [0.15, 0.2) is 0 Å². The van der Waals surface area contributed by atoms with Gasteiger partial charge in [0.25, 0.3) is 5.91 Å². The molecular formula is C27H33F5N2O. The summed E-state index contributed by atoms with van der Waals surface area (Å²) in [5, 5.41) is 2.58. The first kappa shape index (κ1) is 27.0. The summed E-state index contributed by atoms with van der Waals surface area (Å²) >= 11 is 0. The van der Waals surface area contributed by atoms with Crippen LogP contribution in [0.3, 0.4) is 0 Å². The molecule has 2 atom stereocenters. The molecule has 192 valence electrons. The number of rotatable bonds is 10. The van der Waals surface area contributed by atoms with Crippen LogP contribution in [-0.2, 0) is 23.8 Å². The van der Waals surface area contributed by atoms with E-state index in [1.165, 1.54) is 12.1 Å². The van der Waals surface area contributed by atoms with Crippen LogP contribution in [0.4, 0.5) is 33.3 Å². The van der Waals surface area contributed by atoms with Gasteiger partial charge in [-0.3, -0.25) is 4.79 Å². The van der Waals surface area contributed by atoms with Gasteiger partial charge in [-0.1, -0.05) is 38.0 Å². The highest BCUT2D eigenvalue weighted by Gasteiger charge is 2.30. The van der Waals surface area contributed by atoms with Crippen molar-refractivity contribution in [3.05, 3.63) is 59.2 Å². The lowest BCUT2D eigenvalue weighted by Gasteiger charge is -2.31. The van der Waals surface area contributed by atoms with Gasteiger partial charge in [0.05, 0.1) is 16.9 Å². The molecule has 2 aromatic rings. The number of benzene rings is 2. The van der Waals surface area contributed by atoms with Gasteiger partial charge in [0.2, 0.25) is 6.17 Å². The molecule has 1 saturated heterocycles. The zero-order valence-corrected chi connectivity index (χ0v) is 20.0. The lowest BCUT2D eigenvalue weighted by atomic mass is 10.0. The number of anilines is 2. The van der Waals surface area contributed by atoms with E-state index in [-0.39, 0.29) is 6.42 Å². The summed E-state index contributed by atoms with van der Waals surface area (Å²) in [7, 11) is 0. The third kappa shape index (κ3) is 7.67. The molecule has 1 fully saturated rings. The van der Waals surface area contributed by atoms with E-state index in [4.69, 9.17) is 0 Å². The van der Waals surface area contributed by atoms with Gasteiger partial charge in [-0.2, -0.15) is 13.2 Å². The number of nitrogens with one attached hydrogen (secondary N) is 1. The molecular weight excluding hydrogens is 463 g/mol. The average Bonchev–Trinajstić information content (AvgIpc) is 2.86. The number of amides is 1. The fourth-order valence-electron chi connectivity index (χ4n) is 4.30. The highest BCUT2D eigenvalue weighted by molar-refractivity contribution is 5.97. The van der Waals surface area contributed by atoms with E-state index in [1.54, 1.807) is 6.07 Å². The first-order valence-electron chi connectivity index (χ1n) is 12.3. The maximum Gasteiger partial charge on any atom is 0.416 e. The third-order valence-corrected chi connectivity index (χ3v) is 6.40. The predicted octanol–water partition coefficient (Wildman–Crippen LogP) is 7.29. The van der Waals surface area contributed by atoms with Gasteiger partial charge in [-0.25, -0.2) is 8.78 Å². The van der Waals surface area contributed by atoms with Crippen molar-refractivity contribution in [1.29, 1.82) is 0 Å². The topological polar surface area (TPSA) is 32.3 Å². The monoisotopic (exact) mass is 496 g/mol. The summed E-state index contributed by atoms with van der Waals surface area (Å²) in [6.07, 6.45) is -2.93. The molecule has 35 heavy (non-hydrogen) atoms. The summed E-state index contributed by atoms with van der Waals surface area (Å²) in [6, 6.07) is 10.6. The van der Waals surface area contributed by atoms with Gasteiger partial charge in [0.1, 0.15) is 6.17 Å². The number of carbonyl (C=O) groups is 1. The molecule has 1 aliphatic heterocycles. The smallest absolute Gasteiger partial charge is 0.370 e. The Hall–Kier alpha value is -2.64. The van der Waals surface area contributed by atoms with E-state index in [0.717, 1.165) is 67.7 Å². The van der Waals surface area contributed by atoms with Crippen LogP contribution in [0.15, 0.2) is 42.5 Å². The zero-order valence-electron chi connectivity index (χ0n) is 20.0. The molecule has 3 nitrogen and oxygen atoms in total. The van der Waals surface area contributed by atoms with Crippen LogP contribution in [0.5, 0.6) is 0 Å². The summed E-state index contributed by atoms with van der Waals surface area (Å²) in [6.45, 7) is 3.48. The minimum absolute atomic E-state index is 0.00690. The molecule has 0 bridgehead atoms. The second kappa shape index (κ2) is 12.4. The van der Waals surface area contributed by atoms with Crippen molar-refractivity contribution in [2.75, 3.05) is 23.3 Å². The molecule has 0 unspecified atom stereocenters. The molecule has 0 aliphatic carbocycles. The van der Waals surface area contributed by atoms with E-state index in [1.807, 2.05) is 19.1 Å². The van der Waals surface area contributed by atoms with Gasteiger partial charge in [-0.05, 0) is 73.9 Å². The Labute approximate surface area is 203 Å². The van der Waals surface area contributed by atoms with Gasteiger partial charge >= 0.3 is 6.18 Å². The molecule has 1 amide bonds. The van der Waals surface area contributed by atoms with E-state index < -0.39 is 30.0 Å². The van der Waals surface area contributed by atoms with Gasteiger partial charge in [-0.15, -0.1) is 0 Å². The van der Waals surface area contributed by atoms with E-state index in [2.05, 4.69) is 10.2 Å². The lowest BCUT2D eigenvalue weighted by Crippen LogP contribution is -2.34. The Morgan fingerprint density at radius 3 is 2.23 bits per heavy atom. The molecule has 1 heterocycles. The summed E-state index contributed by atoms with van der Waals surface area (Å²) < 4.78 is 66.9. The van der Waals surface area contributed by atoms with Crippen LogP contribution in [-0.4, -0.2) is 31.3 Å². The van der Waals surface area contributed by atoms with E-state index in [9.17, 15) is 26.7 Å². The van der Waals surface area contributed by atoms with Crippen LogP contribution in [0.2, 0.25) is 0 Å². The normalized spacial score (nSPS) is 16.1. The molecule has 1 N–H and O–H groups in total. The van der Waals surface area contributed by atoms with Gasteiger partial charge < -0.3 is 10.2 Å². The molecule has 0 spiro atoms. The van der Waals surface area contributed by atoms with Crippen molar-refractivity contribution < 1.29 is 26.7 Å². The maximum atomic E-state index is 14.4. The second-order valence-corrected chi connectivity index (χ2v) is 9.14. The molecule has 0 saturated carbocycles. The van der Waals surface area contributed by atoms with Crippen molar-refractivity contribution in [3.63, 3.8) is 0 Å². The number of alkyl halides is 5. The van der Waals surface area contributed by atoms with Crippen LogP contribution in [0, 0.1) is 0 Å². The minimum Gasteiger partial charge on any atom is -0.370 e. The molecule has 3 rings (SSSR count). The SMILES string of the molecule is CCCC[C@H](F)[C@H](F)C(=O)Nc1ccc(CCc2ccc(C(F)(F)F)cc2)cc1N1CCCCC1. The first-order valence-corrected chi connectivity index (χ1v) is 12.3. The Kier molecular flexibility index (Phi) is 9.52. The Bertz CT molecular complexity index is 955. The highest BCUT2D eigenvalue weighted by atomic mass is 19.4.